The summed E-state index contributed by atoms with van der Waals surface area (Å²) < 4.78 is 6.81. The van der Waals surface area contributed by atoms with E-state index in [0.717, 1.165) is 48.1 Å². The van der Waals surface area contributed by atoms with Gasteiger partial charge in [-0.15, -0.1) is 11.3 Å². The molecular weight excluding hydrogens is 440 g/mol. The Kier molecular flexibility index (Phi) is 5.44. The van der Waals surface area contributed by atoms with Crippen LogP contribution in [0.3, 0.4) is 0 Å². The third-order valence-electron chi connectivity index (χ3n) is 6.47. The predicted molar refractivity (Wildman–Crippen MR) is 127 cm³/mol. The first-order valence-corrected chi connectivity index (χ1v) is 12.1. The van der Waals surface area contributed by atoms with Crippen molar-refractivity contribution in [3.63, 3.8) is 0 Å². The fourth-order valence-corrected chi connectivity index (χ4v) is 6.03. The Labute approximate surface area is 195 Å². The fourth-order valence-electron chi connectivity index (χ4n) is 5.00. The van der Waals surface area contributed by atoms with Crippen LogP contribution in [0.2, 0.25) is 0 Å². The summed E-state index contributed by atoms with van der Waals surface area (Å²) in [6.45, 7) is 3.93. The Bertz CT molecular complexity index is 1260. The summed E-state index contributed by atoms with van der Waals surface area (Å²) in [6, 6.07) is 3.48. The zero-order valence-corrected chi connectivity index (χ0v) is 19.5. The second kappa shape index (κ2) is 8.30. The molecule has 0 aromatic carbocycles. The topological polar surface area (TPSA) is 102 Å². The molecule has 0 radical (unpaired) electrons. The quantitative estimate of drug-likeness (QED) is 0.672. The number of aliphatic imine (C=N–C) groups is 1. The maximum atomic E-state index is 13.7. The van der Waals surface area contributed by atoms with Gasteiger partial charge in [-0.05, 0) is 57.2 Å². The van der Waals surface area contributed by atoms with Gasteiger partial charge in [0.25, 0.3) is 11.5 Å². The van der Waals surface area contributed by atoms with Crippen LogP contribution in [0.25, 0.3) is 0 Å². The lowest BCUT2D eigenvalue weighted by molar-refractivity contribution is 0.0532. The number of thiophene rings is 1. The molecule has 0 saturated heterocycles. The predicted octanol–water partition coefficient (Wildman–Crippen LogP) is 3.68. The second-order valence-corrected chi connectivity index (χ2v) is 9.77. The minimum absolute atomic E-state index is 0.188. The van der Waals surface area contributed by atoms with Gasteiger partial charge in [-0.25, -0.2) is 9.79 Å². The second-order valence-electron chi connectivity index (χ2n) is 8.64. The van der Waals surface area contributed by atoms with E-state index in [1.165, 1.54) is 11.3 Å². The summed E-state index contributed by atoms with van der Waals surface area (Å²) >= 11 is 1.37. The van der Waals surface area contributed by atoms with Crippen LogP contribution >= 0.6 is 11.3 Å². The van der Waals surface area contributed by atoms with Gasteiger partial charge in [-0.1, -0.05) is 12.5 Å². The number of carbonyl (C=O) groups is 2. The number of nitrogens with zero attached hydrogens (tertiary/aromatic N) is 2. The van der Waals surface area contributed by atoms with Gasteiger partial charge in [0.15, 0.2) is 0 Å². The molecule has 172 valence electrons. The van der Waals surface area contributed by atoms with Crippen molar-refractivity contribution in [2.24, 2.45) is 4.99 Å². The summed E-state index contributed by atoms with van der Waals surface area (Å²) in [5.41, 5.74) is 1.42. The first kappa shape index (κ1) is 21.6. The van der Waals surface area contributed by atoms with Crippen molar-refractivity contribution >= 4 is 34.7 Å². The SMILES string of the molecule is CCOC(=O)c1cc2c(s1)CC=CN=C2Nc1cc(C)c2n(c1=O)C1(CCCCC1)NC2=O. The number of nitrogens with one attached hydrogen (secondary N) is 2. The number of amidine groups is 1. The van der Waals surface area contributed by atoms with Crippen LogP contribution in [0.4, 0.5) is 5.69 Å². The number of anilines is 1. The van der Waals surface area contributed by atoms with E-state index in [2.05, 4.69) is 15.6 Å². The Balaban J connectivity index is 1.56. The molecule has 0 unspecified atom stereocenters. The first-order valence-electron chi connectivity index (χ1n) is 11.3. The Morgan fingerprint density at radius 1 is 1.27 bits per heavy atom. The molecule has 1 amide bonds. The van der Waals surface area contributed by atoms with Crippen molar-refractivity contribution in [3.8, 4) is 0 Å². The number of ether oxygens (including phenoxy) is 1. The highest BCUT2D eigenvalue weighted by Crippen LogP contribution is 2.37. The van der Waals surface area contributed by atoms with Gasteiger partial charge in [-0.2, -0.15) is 0 Å². The van der Waals surface area contributed by atoms with Gasteiger partial charge in [0.2, 0.25) is 0 Å². The molecule has 2 aliphatic heterocycles. The number of allylic oxidation sites excluding steroid dienone is 1. The molecule has 4 heterocycles. The van der Waals surface area contributed by atoms with Crippen LogP contribution in [0.1, 0.15) is 75.2 Å². The molecule has 0 bridgehead atoms. The molecule has 33 heavy (non-hydrogen) atoms. The molecule has 8 nitrogen and oxygen atoms in total. The Hall–Kier alpha value is -3.20. The van der Waals surface area contributed by atoms with E-state index in [9.17, 15) is 14.4 Å². The number of pyridine rings is 1. The molecule has 1 fully saturated rings. The lowest BCUT2D eigenvalue weighted by atomic mass is 9.89. The van der Waals surface area contributed by atoms with Gasteiger partial charge in [0, 0.05) is 23.1 Å². The molecule has 9 heteroatoms. The van der Waals surface area contributed by atoms with E-state index in [-0.39, 0.29) is 17.4 Å². The Morgan fingerprint density at radius 2 is 2.06 bits per heavy atom. The molecule has 5 rings (SSSR count). The standard InChI is InChI=1S/C24H26N4O4S/c1-3-32-23(31)18-13-15-17(33-18)8-7-11-25-20(15)26-16-12-14(2)19-21(29)27-24(28(19)22(16)30)9-5-4-6-10-24/h7,11-13H,3-6,8-10H2,1-2H3,(H,25,26)(H,27,29). The highest BCUT2D eigenvalue weighted by molar-refractivity contribution is 7.14. The number of carbonyl (C=O) groups excluding carboxylic acids is 2. The highest BCUT2D eigenvalue weighted by Gasteiger charge is 2.45. The molecule has 1 saturated carbocycles. The van der Waals surface area contributed by atoms with Gasteiger partial charge >= 0.3 is 5.97 Å². The fraction of sp³-hybridized carbons (Fsp3) is 0.417. The molecule has 2 aromatic rings. The van der Waals surface area contributed by atoms with E-state index in [0.29, 0.717) is 35.1 Å². The van der Waals surface area contributed by atoms with E-state index in [1.54, 1.807) is 29.8 Å². The van der Waals surface area contributed by atoms with Crippen LogP contribution < -0.4 is 16.2 Å². The van der Waals surface area contributed by atoms with Crippen LogP contribution in [0.15, 0.2) is 34.2 Å². The average Bonchev–Trinajstić information content (AvgIpc) is 3.28. The molecule has 0 atom stereocenters. The van der Waals surface area contributed by atoms with E-state index in [1.807, 2.05) is 13.0 Å². The minimum Gasteiger partial charge on any atom is -0.462 e. The lowest BCUT2D eigenvalue weighted by Gasteiger charge is -2.35. The molecule has 2 N–H and O–H groups in total. The number of hydrogen-bond acceptors (Lipinski definition) is 7. The van der Waals surface area contributed by atoms with Gasteiger partial charge in [0.05, 0.1) is 6.61 Å². The number of amides is 1. The van der Waals surface area contributed by atoms with Gasteiger partial charge in [-0.3, -0.25) is 14.2 Å². The van der Waals surface area contributed by atoms with Gasteiger partial charge < -0.3 is 15.4 Å². The number of aromatic nitrogens is 1. The van der Waals surface area contributed by atoms with E-state index < -0.39 is 5.66 Å². The molecule has 1 spiro atoms. The van der Waals surface area contributed by atoms with Crippen molar-refractivity contribution in [1.82, 2.24) is 9.88 Å². The summed E-state index contributed by atoms with van der Waals surface area (Å²) in [6.07, 6.45) is 8.78. The number of rotatable bonds is 3. The molecule has 3 aliphatic rings. The van der Waals surface area contributed by atoms with Gasteiger partial charge in [0.1, 0.15) is 27.8 Å². The van der Waals surface area contributed by atoms with Crippen molar-refractivity contribution in [1.29, 1.82) is 0 Å². The number of hydrogen-bond donors (Lipinski definition) is 2. The van der Waals surface area contributed by atoms with Crippen molar-refractivity contribution < 1.29 is 14.3 Å². The Morgan fingerprint density at radius 3 is 2.82 bits per heavy atom. The first-order chi connectivity index (χ1) is 15.9. The number of esters is 1. The zero-order chi connectivity index (χ0) is 23.2. The zero-order valence-electron chi connectivity index (χ0n) is 18.7. The molecular formula is C24H26N4O4S. The molecule has 2 aromatic heterocycles. The monoisotopic (exact) mass is 466 g/mol. The smallest absolute Gasteiger partial charge is 0.348 e. The molecule has 1 aliphatic carbocycles. The maximum Gasteiger partial charge on any atom is 0.348 e. The normalized spacial score (nSPS) is 18.2. The van der Waals surface area contributed by atoms with Crippen LogP contribution in [-0.4, -0.2) is 28.9 Å². The van der Waals surface area contributed by atoms with Crippen molar-refractivity contribution in [2.45, 2.75) is 58.0 Å². The van der Waals surface area contributed by atoms with E-state index >= 15 is 0 Å². The van der Waals surface area contributed by atoms with Crippen LogP contribution in [0.5, 0.6) is 0 Å². The average molecular weight is 467 g/mol. The van der Waals surface area contributed by atoms with Crippen molar-refractivity contribution in [2.75, 3.05) is 11.9 Å². The largest absolute Gasteiger partial charge is 0.462 e. The summed E-state index contributed by atoms with van der Waals surface area (Å²) in [7, 11) is 0. The number of fused-ring (bicyclic) bond motifs is 3. The summed E-state index contributed by atoms with van der Waals surface area (Å²) in [5, 5.41) is 6.32. The summed E-state index contributed by atoms with van der Waals surface area (Å²) in [4.78, 5) is 44.7. The van der Waals surface area contributed by atoms with E-state index in [4.69, 9.17) is 4.74 Å². The third kappa shape index (κ3) is 3.60. The third-order valence-corrected chi connectivity index (χ3v) is 7.61. The lowest BCUT2D eigenvalue weighted by Crippen LogP contribution is -2.49. The minimum atomic E-state index is -0.653. The number of aryl methyl sites for hydroxylation is 1. The summed E-state index contributed by atoms with van der Waals surface area (Å²) in [5.74, 6) is -0.0549. The van der Waals surface area contributed by atoms with Crippen LogP contribution in [-0.2, 0) is 16.8 Å². The van der Waals surface area contributed by atoms with Crippen LogP contribution in [0, 0.1) is 6.92 Å². The van der Waals surface area contributed by atoms with Crippen molar-refractivity contribution in [3.05, 3.63) is 61.3 Å². The highest BCUT2D eigenvalue weighted by atomic mass is 32.1. The maximum absolute atomic E-state index is 13.7.